The van der Waals surface area contributed by atoms with Crippen molar-refractivity contribution >= 4 is 11.9 Å². The first-order valence-electron chi connectivity index (χ1n) is 9.25. The topological polar surface area (TPSA) is 55.8 Å². The van der Waals surface area contributed by atoms with E-state index in [1.54, 1.807) is 23.1 Å². The number of methoxy groups -OCH3 is 1. The fourth-order valence-corrected chi connectivity index (χ4v) is 3.41. The van der Waals surface area contributed by atoms with Crippen LogP contribution in [0.3, 0.4) is 0 Å². The van der Waals surface area contributed by atoms with Gasteiger partial charge in [-0.1, -0.05) is 35.9 Å². The van der Waals surface area contributed by atoms with Gasteiger partial charge in [0, 0.05) is 12.1 Å². The van der Waals surface area contributed by atoms with Gasteiger partial charge in [-0.15, -0.1) is 0 Å². The summed E-state index contributed by atoms with van der Waals surface area (Å²) in [6.07, 6.45) is 2.45. The third-order valence-electron chi connectivity index (χ3n) is 4.81. The van der Waals surface area contributed by atoms with Crippen LogP contribution in [0.5, 0.6) is 5.75 Å². The van der Waals surface area contributed by atoms with E-state index in [4.69, 9.17) is 9.47 Å². The maximum absolute atomic E-state index is 13.0. The average Bonchev–Trinajstić information content (AvgIpc) is 2.71. The molecule has 0 aliphatic carbocycles. The van der Waals surface area contributed by atoms with E-state index in [1.807, 2.05) is 31.2 Å². The van der Waals surface area contributed by atoms with Crippen LogP contribution in [0, 0.1) is 6.92 Å². The van der Waals surface area contributed by atoms with E-state index < -0.39 is 6.04 Å². The van der Waals surface area contributed by atoms with Crippen molar-refractivity contribution in [1.82, 2.24) is 4.90 Å². The predicted octanol–water partition coefficient (Wildman–Crippen LogP) is 3.74. The van der Waals surface area contributed by atoms with E-state index in [2.05, 4.69) is 6.07 Å². The first kappa shape index (κ1) is 19.0. The molecule has 1 saturated heterocycles. The highest BCUT2D eigenvalue weighted by Crippen LogP contribution is 2.23. The first-order valence-corrected chi connectivity index (χ1v) is 9.25. The number of benzene rings is 2. The lowest BCUT2D eigenvalue weighted by Crippen LogP contribution is -2.48. The van der Waals surface area contributed by atoms with Crippen LogP contribution in [0.1, 0.15) is 40.7 Å². The SMILES string of the molecule is COC(=O)C1CCCCN1C(=O)c1cccc(OCc2cccc(C)c2)c1. The molecular weight excluding hydrogens is 342 g/mol. The zero-order valence-electron chi connectivity index (χ0n) is 15.8. The minimum atomic E-state index is -0.506. The summed E-state index contributed by atoms with van der Waals surface area (Å²) in [7, 11) is 1.36. The summed E-state index contributed by atoms with van der Waals surface area (Å²) in [4.78, 5) is 26.6. The Bertz CT molecular complexity index is 817. The van der Waals surface area contributed by atoms with Crippen molar-refractivity contribution in [1.29, 1.82) is 0 Å². The smallest absolute Gasteiger partial charge is 0.328 e. The van der Waals surface area contributed by atoms with Crippen LogP contribution in [0.15, 0.2) is 48.5 Å². The zero-order valence-corrected chi connectivity index (χ0v) is 15.8. The van der Waals surface area contributed by atoms with Crippen LogP contribution in [0.4, 0.5) is 0 Å². The molecule has 1 amide bonds. The fourth-order valence-electron chi connectivity index (χ4n) is 3.41. The van der Waals surface area contributed by atoms with E-state index in [1.165, 1.54) is 12.7 Å². The summed E-state index contributed by atoms with van der Waals surface area (Å²) < 4.78 is 10.7. The van der Waals surface area contributed by atoms with Gasteiger partial charge in [-0.25, -0.2) is 4.79 Å². The molecule has 0 bridgehead atoms. The van der Waals surface area contributed by atoms with Gasteiger partial charge >= 0.3 is 5.97 Å². The lowest BCUT2D eigenvalue weighted by atomic mass is 10.0. The minimum absolute atomic E-state index is 0.161. The number of likely N-dealkylation sites (tertiary alicyclic amines) is 1. The zero-order chi connectivity index (χ0) is 19.2. The molecule has 27 heavy (non-hydrogen) atoms. The molecule has 5 heteroatoms. The largest absolute Gasteiger partial charge is 0.489 e. The molecular formula is C22H25NO4. The Morgan fingerprint density at radius 2 is 1.93 bits per heavy atom. The number of esters is 1. The molecule has 0 radical (unpaired) electrons. The van der Waals surface area contributed by atoms with Crippen LogP contribution in [0.25, 0.3) is 0 Å². The highest BCUT2D eigenvalue weighted by molar-refractivity contribution is 5.97. The lowest BCUT2D eigenvalue weighted by Gasteiger charge is -2.33. The van der Waals surface area contributed by atoms with E-state index in [0.29, 0.717) is 30.9 Å². The molecule has 1 aliphatic rings. The maximum Gasteiger partial charge on any atom is 0.328 e. The van der Waals surface area contributed by atoms with Crippen LogP contribution in [-0.2, 0) is 16.1 Å². The van der Waals surface area contributed by atoms with E-state index in [-0.39, 0.29) is 11.9 Å². The number of carbonyl (C=O) groups is 2. The van der Waals surface area contributed by atoms with Gasteiger partial charge in [-0.05, 0) is 49.9 Å². The number of carbonyl (C=O) groups excluding carboxylic acids is 2. The predicted molar refractivity (Wildman–Crippen MR) is 103 cm³/mol. The molecule has 0 spiro atoms. The number of aryl methyl sites for hydroxylation is 1. The summed E-state index contributed by atoms with van der Waals surface area (Å²) in [6, 6.07) is 14.7. The van der Waals surface area contributed by atoms with Crippen molar-refractivity contribution in [3.8, 4) is 5.75 Å². The molecule has 1 aliphatic heterocycles. The van der Waals surface area contributed by atoms with Crippen LogP contribution in [0.2, 0.25) is 0 Å². The molecule has 1 heterocycles. The minimum Gasteiger partial charge on any atom is -0.489 e. The molecule has 2 aromatic rings. The van der Waals surface area contributed by atoms with Gasteiger partial charge in [0.15, 0.2) is 0 Å². The van der Waals surface area contributed by atoms with E-state index in [0.717, 1.165) is 18.4 Å². The standard InChI is InChI=1S/C22H25NO4/c1-16-7-5-8-17(13-16)15-27-19-10-6-9-18(14-19)21(24)23-12-4-3-11-20(23)22(25)26-2/h5-10,13-14,20H,3-4,11-12,15H2,1-2H3. The molecule has 2 aromatic carbocycles. The second-order valence-corrected chi connectivity index (χ2v) is 6.84. The van der Waals surface area contributed by atoms with E-state index in [9.17, 15) is 9.59 Å². The summed E-state index contributed by atoms with van der Waals surface area (Å²) in [5, 5.41) is 0. The number of amides is 1. The summed E-state index contributed by atoms with van der Waals surface area (Å²) >= 11 is 0. The Balaban J connectivity index is 1.72. The van der Waals surface area contributed by atoms with Crippen LogP contribution >= 0.6 is 0 Å². The highest BCUT2D eigenvalue weighted by Gasteiger charge is 2.33. The molecule has 1 atom stereocenters. The quantitative estimate of drug-likeness (QED) is 0.756. The van der Waals surface area contributed by atoms with Gasteiger partial charge in [0.05, 0.1) is 7.11 Å². The first-order chi connectivity index (χ1) is 13.1. The van der Waals surface area contributed by atoms with Gasteiger partial charge in [-0.2, -0.15) is 0 Å². The average molecular weight is 367 g/mol. The molecule has 0 aromatic heterocycles. The van der Waals surface area contributed by atoms with E-state index >= 15 is 0 Å². The molecule has 0 saturated carbocycles. The van der Waals surface area contributed by atoms with Gasteiger partial charge < -0.3 is 14.4 Å². The van der Waals surface area contributed by atoms with Crippen molar-refractivity contribution in [2.45, 2.75) is 38.8 Å². The lowest BCUT2D eigenvalue weighted by molar-refractivity contribution is -0.147. The summed E-state index contributed by atoms with van der Waals surface area (Å²) in [5.41, 5.74) is 2.78. The van der Waals surface area contributed by atoms with Crippen molar-refractivity contribution < 1.29 is 19.1 Å². The number of nitrogens with zero attached hydrogens (tertiary/aromatic N) is 1. The summed E-state index contributed by atoms with van der Waals surface area (Å²) in [5.74, 6) is 0.120. The Kier molecular flexibility index (Phi) is 6.12. The molecule has 5 nitrogen and oxygen atoms in total. The van der Waals surface area contributed by atoms with Gasteiger partial charge in [-0.3, -0.25) is 4.79 Å². The maximum atomic E-state index is 13.0. The molecule has 3 rings (SSSR count). The van der Waals surface area contributed by atoms with Gasteiger partial charge in [0.2, 0.25) is 0 Å². The molecule has 1 unspecified atom stereocenters. The van der Waals surface area contributed by atoms with Crippen LogP contribution in [-0.4, -0.2) is 36.5 Å². The van der Waals surface area contributed by atoms with Crippen molar-refractivity contribution in [3.05, 3.63) is 65.2 Å². The van der Waals surface area contributed by atoms with Crippen molar-refractivity contribution in [2.24, 2.45) is 0 Å². The number of hydrogen-bond acceptors (Lipinski definition) is 4. The van der Waals surface area contributed by atoms with Crippen LogP contribution < -0.4 is 4.74 Å². The molecule has 1 fully saturated rings. The van der Waals surface area contributed by atoms with Gasteiger partial charge in [0.1, 0.15) is 18.4 Å². The Labute approximate surface area is 159 Å². The Morgan fingerprint density at radius 1 is 1.11 bits per heavy atom. The number of piperidine rings is 1. The monoisotopic (exact) mass is 367 g/mol. The van der Waals surface area contributed by atoms with Crippen molar-refractivity contribution in [3.63, 3.8) is 0 Å². The third kappa shape index (κ3) is 4.67. The Hall–Kier alpha value is -2.82. The second-order valence-electron chi connectivity index (χ2n) is 6.84. The van der Waals surface area contributed by atoms with Gasteiger partial charge in [0.25, 0.3) is 5.91 Å². The molecule has 0 N–H and O–H groups in total. The normalized spacial score (nSPS) is 16.7. The number of hydrogen-bond donors (Lipinski definition) is 0. The fraction of sp³-hybridized carbons (Fsp3) is 0.364. The second kappa shape index (κ2) is 8.71. The Morgan fingerprint density at radius 3 is 2.70 bits per heavy atom. The highest BCUT2D eigenvalue weighted by atomic mass is 16.5. The number of ether oxygens (including phenoxy) is 2. The number of rotatable bonds is 5. The summed E-state index contributed by atoms with van der Waals surface area (Å²) in [6.45, 7) is 3.04. The van der Waals surface area contributed by atoms with Crippen molar-refractivity contribution in [2.75, 3.05) is 13.7 Å². The molecule has 142 valence electrons. The third-order valence-corrected chi connectivity index (χ3v) is 4.81.